The van der Waals surface area contributed by atoms with Gasteiger partial charge >= 0.3 is 11.9 Å². The van der Waals surface area contributed by atoms with Gasteiger partial charge in [-0.05, 0) is 59.7 Å². The average molecular weight is 644 g/mol. The fourth-order valence-electron chi connectivity index (χ4n) is 6.22. The Kier molecular flexibility index (Phi) is 9.66. The third-order valence-electron chi connectivity index (χ3n) is 8.72. The Balaban J connectivity index is 0.981. The van der Waals surface area contributed by atoms with E-state index >= 15 is 0 Å². The molecule has 9 nitrogen and oxygen atoms in total. The Morgan fingerprint density at radius 1 is 0.646 bits per heavy atom. The molecular weight excluding hydrogens is 606 g/mol. The molecule has 2 aromatic heterocycles. The number of imide groups is 1. The van der Waals surface area contributed by atoms with Crippen LogP contribution in [0.5, 0.6) is 0 Å². The van der Waals surface area contributed by atoms with Crippen LogP contribution in [0, 0.1) is 0 Å². The number of amides is 2. The van der Waals surface area contributed by atoms with E-state index in [2.05, 4.69) is 29.1 Å². The first-order valence-electron chi connectivity index (χ1n) is 16.0. The number of aromatic nitrogens is 2. The maximum absolute atomic E-state index is 13.1. The molecule has 0 saturated carbocycles. The molecule has 6 rings (SSSR count). The maximum atomic E-state index is 13.1. The SMILES string of the molecule is COC(=O)c1cc(C[n+]2ccc(-c3cc[n+](CCCCCCN4C(=O)c5cccc6cccc(c56)C4=O)cc3)cc2)cc(C(=O)OC)c1. The van der Waals surface area contributed by atoms with Crippen molar-refractivity contribution in [2.45, 2.75) is 38.8 Å². The number of ether oxygens (including phenoxy) is 2. The van der Waals surface area contributed by atoms with E-state index in [9.17, 15) is 19.2 Å². The second-order valence-corrected chi connectivity index (χ2v) is 11.9. The summed E-state index contributed by atoms with van der Waals surface area (Å²) in [6, 6.07) is 24.4. The lowest BCUT2D eigenvalue weighted by molar-refractivity contribution is -0.697. The summed E-state index contributed by atoms with van der Waals surface area (Å²) in [6.07, 6.45) is 11.8. The van der Waals surface area contributed by atoms with Gasteiger partial charge in [0.15, 0.2) is 31.3 Å². The number of rotatable bonds is 12. The topological polar surface area (TPSA) is 97.7 Å². The van der Waals surface area contributed by atoms with Gasteiger partial charge in [-0.2, -0.15) is 0 Å². The Morgan fingerprint density at radius 3 is 1.71 bits per heavy atom. The molecule has 0 aliphatic carbocycles. The highest BCUT2D eigenvalue weighted by molar-refractivity contribution is 6.25. The molecule has 0 saturated heterocycles. The first-order chi connectivity index (χ1) is 23.4. The normalized spacial score (nSPS) is 12.3. The molecule has 3 heterocycles. The molecule has 0 fully saturated rings. The van der Waals surface area contributed by atoms with Gasteiger partial charge in [0.2, 0.25) is 0 Å². The van der Waals surface area contributed by atoms with Crippen LogP contribution in [0.2, 0.25) is 0 Å². The Labute approximate surface area is 279 Å². The van der Waals surface area contributed by atoms with Gasteiger partial charge in [0.05, 0.1) is 25.3 Å². The zero-order valence-electron chi connectivity index (χ0n) is 27.1. The van der Waals surface area contributed by atoms with Crippen LogP contribution in [0.3, 0.4) is 0 Å². The molecule has 0 bridgehead atoms. The second-order valence-electron chi connectivity index (χ2n) is 11.9. The van der Waals surface area contributed by atoms with Gasteiger partial charge in [-0.25, -0.2) is 18.7 Å². The third kappa shape index (κ3) is 6.85. The van der Waals surface area contributed by atoms with E-state index in [1.165, 1.54) is 25.2 Å². The molecule has 9 heteroatoms. The highest BCUT2D eigenvalue weighted by Gasteiger charge is 2.32. The van der Waals surface area contributed by atoms with Crippen molar-refractivity contribution in [3.05, 3.63) is 131 Å². The summed E-state index contributed by atoms with van der Waals surface area (Å²) in [5.74, 6) is -1.44. The molecule has 0 N–H and O–H groups in total. The smallest absolute Gasteiger partial charge is 0.337 e. The molecule has 242 valence electrons. The highest BCUT2D eigenvalue weighted by Crippen LogP contribution is 2.30. The number of hydrogen-bond acceptors (Lipinski definition) is 6. The minimum Gasteiger partial charge on any atom is -0.465 e. The van der Waals surface area contributed by atoms with Gasteiger partial charge in [0, 0.05) is 59.3 Å². The molecule has 1 aliphatic heterocycles. The first-order valence-corrected chi connectivity index (χ1v) is 16.0. The summed E-state index contributed by atoms with van der Waals surface area (Å²) in [4.78, 5) is 51.9. The summed E-state index contributed by atoms with van der Waals surface area (Å²) in [7, 11) is 2.61. The molecule has 2 amide bonds. The van der Waals surface area contributed by atoms with Crippen molar-refractivity contribution in [1.29, 1.82) is 0 Å². The minimum absolute atomic E-state index is 0.201. The number of aryl methyl sites for hydroxylation is 1. The number of unbranched alkanes of at least 4 members (excludes halogenated alkanes) is 3. The number of carbonyl (C=O) groups is 4. The second kappa shape index (κ2) is 14.4. The summed E-state index contributed by atoms with van der Waals surface area (Å²) in [5.41, 5.74) is 4.73. The molecule has 48 heavy (non-hydrogen) atoms. The van der Waals surface area contributed by atoms with E-state index in [-0.39, 0.29) is 11.8 Å². The lowest BCUT2D eigenvalue weighted by atomic mass is 9.94. The number of hydrogen-bond donors (Lipinski definition) is 0. The highest BCUT2D eigenvalue weighted by atomic mass is 16.5. The van der Waals surface area contributed by atoms with Crippen molar-refractivity contribution in [3.8, 4) is 11.1 Å². The van der Waals surface area contributed by atoms with Crippen LogP contribution >= 0.6 is 0 Å². The van der Waals surface area contributed by atoms with E-state index in [1.54, 1.807) is 12.1 Å². The number of esters is 2. The van der Waals surface area contributed by atoms with Gasteiger partial charge in [-0.1, -0.05) is 30.7 Å². The molecule has 5 aromatic rings. The largest absolute Gasteiger partial charge is 0.465 e. The van der Waals surface area contributed by atoms with Crippen LogP contribution in [0.1, 0.15) is 72.7 Å². The zero-order valence-corrected chi connectivity index (χ0v) is 27.1. The Hall–Kier alpha value is -5.70. The summed E-state index contributed by atoms with van der Waals surface area (Å²) < 4.78 is 13.8. The molecule has 0 atom stereocenters. The number of nitrogens with zero attached hydrogens (tertiary/aromatic N) is 3. The van der Waals surface area contributed by atoms with Crippen molar-refractivity contribution >= 4 is 34.5 Å². The summed E-state index contributed by atoms with van der Waals surface area (Å²) in [6.45, 7) is 1.76. The van der Waals surface area contributed by atoms with Crippen molar-refractivity contribution in [2.75, 3.05) is 20.8 Å². The minimum atomic E-state index is -0.517. The molecule has 0 spiro atoms. The van der Waals surface area contributed by atoms with Gasteiger partial charge < -0.3 is 9.47 Å². The van der Waals surface area contributed by atoms with Crippen LogP contribution < -0.4 is 9.13 Å². The van der Waals surface area contributed by atoms with Gasteiger partial charge in [-0.15, -0.1) is 0 Å². The molecule has 1 aliphatic rings. The fraction of sp³-hybridized carbons (Fsp3) is 0.231. The van der Waals surface area contributed by atoms with E-state index in [0.717, 1.165) is 59.7 Å². The zero-order chi connectivity index (χ0) is 33.6. The lowest BCUT2D eigenvalue weighted by Gasteiger charge is -2.27. The van der Waals surface area contributed by atoms with E-state index in [4.69, 9.17) is 9.47 Å². The lowest BCUT2D eigenvalue weighted by Crippen LogP contribution is -2.40. The number of carbonyl (C=O) groups excluding carboxylic acids is 4. The maximum Gasteiger partial charge on any atom is 0.337 e. The standard InChI is InChI=1S/C39H37N3O6/c1-47-38(45)31-23-27(24-32(25-31)39(46)48-2)26-41-21-15-29(16-22-41)28-13-19-40(20-14-28)17-5-3-4-6-18-42-36(43)33-11-7-9-30-10-8-12-34(35(30)33)37(42)44/h7-16,19-25H,3-6,17-18,26H2,1-2H3/q+2. The predicted molar refractivity (Wildman–Crippen MR) is 178 cm³/mol. The number of methoxy groups -OCH3 is 2. The van der Waals surface area contributed by atoms with E-state index in [0.29, 0.717) is 35.3 Å². The number of pyridine rings is 2. The third-order valence-corrected chi connectivity index (χ3v) is 8.72. The first kappa shape index (κ1) is 32.2. The van der Waals surface area contributed by atoms with Crippen molar-refractivity contribution < 1.29 is 37.8 Å². The predicted octanol–water partition coefficient (Wildman–Crippen LogP) is 5.56. The van der Waals surface area contributed by atoms with E-state index < -0.39 is 11.9 Å². The Morgan fingerprint density at radius 2 is 1.17 bits per heavy atom. The van der Waals surface area contributed by atoms with Gasteiger partial charge in [0.25, 0.3) is 11.8 Å². The summed E-state index contributed by atoms with van der Waals surface area (Å²) in [5, 5.41) is 1.69. The van der Waals surface area contributed by atoms with Gasteiger partial charge in [-0.3, -0.25) is 14.5 Å². The van der Waals surface area contributed by atoms with Crippen LogP contribution in [-0.2, 0) is 22.6 Å². The van der Waals surface area contributed by atoms with Crippen LogP contribution in [0.15, 0.2) is 104 Å². The molecule has 0 unspecified atom stereocenters. The van der Waals surface area contributed by atoms with Crippen molar-refractivity contribution in [2.24, 2.45) is 0 Å². The van der Waals surface area contributed by atoms with Crippen molar-refractivity contribution in [1.82, 2.24) is 4.90 Å². The van der Waals surface area contributed by atoms with Crippen LogP contribution in [-0.4, -0.2) is 49.4 Å². The number of benzene rings is 3. The van der Waals surface area contributed by atoms with Gasteiger partial charge in [0.1, 0.15) is 6.54 Å². The molecule has 3 aromatic carbocycles. The molecule has 0 radical (unpaired) electrons. The molecular formula is C39H37N3O6+2. The van der Waals surface area contributed by atoms with Crippen LogP contribution in [0.25, 0.3) is 21.9 Å². The Bertz CT molecular complexity index is 1920. The summed E-state index contributed by atoms with van der Waals surface area (Å²) >= 11 is 0. The monoisotopic (exact) mass is 643 g/mol. The van der Waals surface area contributed by atoms with E-state index in [1.807, 2.05) is 65.5 Å². The average Bonchev–Trinajstić information content (AvgIpc) is 3.12. The fourth-order valence-corrected chi connectivity index (χ4v) is 6.22. The quantitative estimate of drug-likeness (QED) is 0.0765. The van der Waals surface area contributed by atoms with Crippen LogP contribution in [0.4, 0.5) is 0 Å². The van der Waals surface area contributed by atoms with Crippen molar-refractivity contribution in [3.63, 3.8) is 0 Å².